The first-order valence-corrected chi connectivity index (χ1v) is 8.50. The number of carbonyl (C=O) groups excluding carboxylic acids is 3. The molecule has 0 aromatic carbocycles. The van der Waals surface area contributed by atoms with Crippen LogP contribution in [0.3, 0.4) is 0 Å². The van der Waals surface area contributed by atoms with Crippen molar-refractivity contribution < 1.29 is 19.1 Å². The quantitative estimate of drug-likeness (QED) is 0.737. The molecular formula is C17H28N2O4. The van der Waals surface area contributed by atoms with Crippen molar-refractivity contribution in [3.8, 4) is 0 Å². The lowest BCUT2D eigenvalue weighted by molar-refractivity contribution is -0.151. The van der Waals surface area contributed by atoms with Gasteiger partial charge in [0.05, 0.1) is 18.4 Å². The number of carbonyl (C=O) groups is 3. The molecule has 0 aromatic rings. The van der Waals surface area contributed by atoms with E-state index in [-0.39, 0.29) is 35.2 Å². The van der Waals surface area contributed by atoms with Crippen LogP contribution < -0.4 is 0 Å². The van der Waals surface area contributed by atoms with E-state index < -0.39 is 0 Å². The summed E-state index contributed by atoms with van der Waals surface area (Å²) in [7, 11) is 0. The van der Waals surface area contributed by atoms with Gasteiger partial charge in [0.25, 0.3) is 0 Å². The molecule has 0 radical (unpaired) electrons. The summed E-state index contributed by atoms with van der Waals surface area (Å²) < 4.78 is 5.05. The SMILES string of the molecule is CCOC(=O)C1CCN(C(=O)[C@@H]2CC(=O)N(C(C)(C)C)C2)CC1. The average Bonchev–Trinajstić information content (AvgIpc) is 2.89. The number of esters is 1. The molecule has 1 atom stereocenters. The minimum absolute atomic E-state index is 0.0485. The molecule has 2 amide bonds. The maximum atomic E-state index is 12.7. The van der Waals surface area contributed by atoms with Gasteiger partial charge in [0.15, 0.2) is 0 Å². The molecule has 2 fully saturated rings. The third-order valence-corrected chi connectivity index (χ3v) is 4.71. The molecule has 0 spiro atoms. The van der Waals surface area contributed by atoms with Crippen LogP contribution in [0, 0.1) is 11.8 Å². The zero-order valence-corrected chi connectivity index (χ0v) is 14.6. The van der Waals surface area contributed by atoms with Gasteiger partial charge in [-0.3, -0.25) is 14.4 Å². The number of rotatable bonds is 3. The second-order valence-electron chi connectivity index (χ2n) is 7.43. The Balaban J connectivity index is 1.89. The number of likely N-dealkylation sites (tertiary alicyclic amines) is 2. The van der Waals surface area contributed by atoms with Crippen molar-refractivity contribution in [2.45, 2.75) is 52.5 Å². The van der Waals surface area contributed by atoms with E-state index in [1.54, 1.807) is 16.7 Å². The second-order valence-corrected chi connectivity index (χ2v) is 7.43. The summed E-state index contributed by atoms with van der Waals surface area (Å²) in [6.45, 7) is 9.80. The van der Waals surface area contributed by atoms with Gasteiger partial charge in [-0.2, -0.15) is 0 Å². The number of ether oxygens (including phenoxy) is 1. The Morgan fingerprint density at radius 3 is 2.26 bits per heavy atom. The molecule has 0 aromatic heterocycles. The fourth-order valence-electron chi connectivity index (χ4n) is 3.37. The van der Waals surface area contributed by atoms with Crippen molar-refractivity contribution in [1.29, 1.82) is 0 Å². The highest BCUT2D eigenvalue weighted by Crippen LogP contribution is 2.28. The van der Waals surface area contributed by atoms with Crippen molar-refractivity contribution >= 4 is 17.8 Å². The van der Waals surface area contributed by atoms with Crippen LogP contribution in [0.1, 0.15) is 47.0 Å². The summed E-state index contributed by atoms with van der Waals surface area (Å²) in [4.78, 5) is 40.1. The topological polar surface area (TPSA) is 66.9 Å². The number of amides is 2. The van der Waals surface area contributed by atoms with Crippen LogP contribution in [-0.4, -0.2) is 59.4 Å². The minimum Gasteiger partial charge on any atom is -0.466 e. The molecule has 6 heteroatoms. The van der Waals surface area contributed by atoms with E-state index in [1.807, 2.05) is 20.8 Å². The van der Waals surface area contributed by atoms with Crippen molar-refractivity contribution in [1.82, 2.24) is 9.80 Å². The molecule has 2 rings (SSSR count). The summed E-state index contributed by atoms with van der Waals surface area (Å²) >= 11 is 0. The van der Waals surface area contributed by atoms with Crippen LogP contribution in [-0.2, 0) is 19.1 Å². The Bertz CT molecular complexity index is 475. The number of hydrogen-bond donors (Lipinski definition) is 0. The molecule has 23 heavy (non-hydrogen) atoms. The van der Waals surface area contributed by atoms with Gasteiger partial charge in [0, 0.05) is 31.6 Å². The van der Waals surface area contributed by atoms with E-state index in [1.165, 1.54) is 0 Å². The van der Waals surface area contributed by atoms with Gasteiger partial charge in [-0.15, -0.1) is 0 Å². The van der Waals surface area contributed by atoms with Gasteiger partial charge >= 0.3 is 5.97 Å². The number of nitrogens with zero attached hydrogens (tertiary/aromatic N) is 2. The van der Waals surface area contributed by atoms with Crippen LogP contribution in [0.4, 0.5) is 0 Å². The standard InChI is InChI=1S/C17H28N2O4/c1-5-23-16(22)12-6-8-18(9-7-12)15(21)13-10-14(20)19(11-13)17(2,3)4/h12-13H,5-11H2,1-4H3/t13-/m1/s1. The van der Waals surface area contributed by atoms with E-state index in [2.05, 4.69) is 0 Å². The van der Waals surface area contributed by atoms with Crippen LogP contribution in [0.25, 0.3) is 0 Å². The molecule has 0 saturated carbocycles. The van der Waals surface area contributed by atoms with E-state index >= 15 is 0 Å². The molecule has 130 valence electrons. The summed E-state index contributed by atoms with van der Waals surface area (Å²) in [6, 6.07) is 0. The fourth-order valence-corrected chi connectivity index (χ4v) is 3.37. The highest BCUT2D eigenvalue weighted by molar-refractivity contribution is 5.89. The highest BCUT2D eigenvalue weighted by Gasteiger charge is 2.41. The lowest BCUT2D eigenvalue weighted by atomic mass is 9.95. The zero-order chi connectivity index (χ0) is 17.2. The summed E-state index contributed by atoms with van der Waals surface area (Å²) in [6.07, 6.45) is 1.59. The van der Waals surface area contributed by atoms with Gasteiger partial charge in [-0.05, 0) is 40.5 Å². The Hall–Kier alpha value is -1.59. The predicted molar refractivity (Wildman–Crippen MR) is 85.5 cm³/mol. The van der Waals surface area contributed by atoms with Gasteiger partial charge in [0.1, 0.15) is 0 Å². The van der Waals surface area contributed by atoms with Gasteiger partial charge in [0.2, 0.25) is 11.8 Å². The average molecular weight is 324 g/mol. The number of piperidine rings is 1. The molecule has 6 nitrogen and oxygen atoms in total. The van der Waals surface area contributed by atoms with E-state index in [0.717, 1.165) is 0 Å². The molecule has 0 unspecified atom stereocenters. The fraction of sp³-hybridized carbons (Fsp3) is 0.824. The lowest BCUT2D eigenvalue weighted by Gasteiger charge is -2.34. The maximum absolute atomic E-state index is 12.7. The van der Waals surface area contributed by atoms with Gasteiger partial charge < -0.3 is 14.5 Å². The molecule has 2 aliphatic rings. The summed E-state index contributed by atoms with van der Waals surface area (Å²) in [5.74, 6) is -0.407. The Morgan fingerprint density at radius 2 is 1.78 bits per heavy atom. The van der Waals surface area contributed by atoms with E-state index in [0.29, 0.717) is 45.5 Å². The molecule has 0 N–H and O–H groups in total. The zero-order valence-electron chi connectivity index (χ0n) is 14.6. The van der Waals surface area contributed by atoms with E-state index in [9.17, 15) is 14.4 Å². The third-order valence-electron chi connectivity index (χ3n) is 4.71. The molecule has 2 saturated heterocycles. The minimum atomic E-state index is -0.249. The monoisotopic (exact) mass is 324 g/mol. The van der Waals surface area contributed by atoms with Crippen molar-refractivity contribution in [3.63, 3.8) is 0 Å². The smallest absolute Gasteiger partial charge is 0.309 e. The second kappa shape index (κ2) is 6.89. The van der Waals surface area contributed by atoms with E-state index in [4.69, 9.17) is 4.74 Å². The highest BCUT2D eigenvalue weighted by atomic mass is 16.5. The third kappa shape index (κ3) is 4.03. The Morgan fingerprint density at radius 1 is 1.17 bits per heavy atom. The number of hydrogen-bond acceptors (Lipinski definition) is 4. The lowest BCUT2D eigenvalue weighted by Crippen LogP contribution is -2.45. The molecular weight excluding hydrogens is 296 g/mol. The Labute approximate surface area is 138 Å². The molecule has 2 heterocycles. The van der Waals surface area contributed by atoms with Crippen LogP contribution in [0.5, 0.6) is 0 Å². The van der Waals surface area contributed by atoms with Gasteiger partial charge in [-0.25, -0.2) is 0 Å². The van der Waals surface area contributed by atoms with Crippen molar-refractivity contribution in [3.05, 3.63) is 0 Å². The maximum Gasteiger partial charge on any atom is 0.309 e. The van der Waals surface area contributed by atoms with Crippen molar-refractivity contribution in [2.24, 2.45) is 11.8 Å². The summed E-state index contributed by atoms with van der Waals surface area (Å²) in [5, 5.41) is 0. The molecule has 2 aliphatic heterocycles. The first-order valence-electron chi connectivity index (χ1n) is 8.50. The summed E-state index contributed by atoms with van der Waals surface area (Å²) in [5.41, 5.74) is -0.247. The normalized spacial score (nSPS) is 23.3. The molecule has 0 aliphatic carbocycles. The largest absolute Gasteiger partial charge is 0.466 e. The Kier molecular flexibility index (Phi) is 5.32. The van der Waals surface area contributed by atoms with Crippen LogP contribution >= 0.6 is 0 Å². The molecule has 0 bridgehead atoms. The van der Waals surface area contributed by atoms with Crippen LogP contribution in [0.2, 0.25) is 0 Å². The first kappa shape index (κ1) is 17.8. The van der Waals surface area contributed by atoms with Crippen LogP contribution in [0.15, 0.2) is 0 Å². The van der Waals surface area contributed by atoms with Gasteiger partial charge in [-0.1, -0.05) is 0 Å². The predicted octanol–water partition coefficient (Wildman–Crippen LogP) is 1.44. The first-order chi connectivity index (χ1) is 10.7. The van der Waals surface area contributed by atoms with Crippen molar-refractivity contribution in [2.75, 3.05) is 26.2 Å².